The molecule has 0 aromatic heterocycles. The van der Waals surface area contributed by atoms with Crippen LogP contribution in [0.2, 0.25) is 5.02 Å². The van der Waals surface area contributed by atoms with Crippen molar-refractivity contribution in [3.8, 4) is 5.75 Å². The van der Waals surface area contributed by atoms with Gasteiger partial charge in [0.1, 0.15) is 5.75 Å². The van der Waals surface area contributed by atoms with Crippen LogP contribution >= 0.6 is 11.6 Å². The van der Waals surface area contributed by atoms with Crippen molar-refractivity contribution in [2.24, 2.45) is 0 Å². The smallest absolute Gasteiger partial charge is 0.189 e. The van der Waals surface area contributed by atoms with Crippen molar-refractivity contribution >= 4 is 11.6 Å². The van der Waals surface area contributed by atoms with Gasteiger partial charge in [-0.2, -0.15) is 0 Å². The van der Waals surface area contributed by atoms with Crippen LogP contribution in [0.15, 0.2) is 12.1 Å². The molecule has 92 valence electrons. The largest absolute Gasteiger partial charge is 0.467 e. The Morgan fingerprint density at radius 3 is 3.18 bits per heavy atom. The van der Waals surface area contributed by atoms with E-state index >= 15 is 0 Å². The maximum atomic E-state index is 6.30. The van der Waals surface area contributed by atoms with E-state index in [1.807, 2.05) is 6.07 Å². The number of hydrogen-bond acceptors (Lipinski definition) is 3. The third-order valence-corrected chi connectivity index (χ3v) is 3.77. The first-order valence-corrected chi connectivity index (χ1v) is 6.46. The van der Waals surface area contributed by atoms with Crippen LogP contribution in [0.3, 0.4) is 0 Å². The van der Waals surface area contributed by atoms with Gasteiger partial charge in [-0.05, 0) is 43.5 Å². The Bertz CT molecular complexity index is 416. The Morgan fingerprint density at radius 2 is 2.35 bits per heavy atom. The fraction of sp³-hybridized carbons (Fsp3) is 0.538. The Kier molecular flexibility index (Phi) is 3.23. The predicted octanol–water partition coefficient (Wildman–Crippen LogP) is 2.50. The summed E-state index contributed by atoms with van der Waals surface area (Å²) in [4.78, 5) is 0. The topological polar surface area (TPSA) is 30.5 Å². The minimum absolute atomic E-state index is 0.343. The van der Waals surface area contributed by atoms with E-state index in [-0.39, 0.29) is 0 Å². The molecule has 1 fully saturated rings. The van der Waals surface area contributed by atoms with E-state index in [1.54, 1.807) is 0 Å². The van der Waals surface area contributed by atoms with Gasteiger partial charge in [0.2, 0.25) is 0 Å². The molecule has 1 saturated heterocycles. The van der Waals surface area contributed by atoms with Crippen molar-refractivity contribution in [2.75, 3.05) is 13.3 Å². The quantitative estimate of drug-likeness (QED) is 0.879. The van der Waals surface area contributed by atoms with Crippen molar-refractivity contribution in [3.05, 3.63) is 28.3 Å². The van der Waals surface area contributed by atoms with E-state index in [0.717, 1.165) is 29.3 Å². The number of benzene rings is 1. The number of halogens is 1. The number of hydrogen-bond donors (Lipinski definition) is 1. The highest BCUT2D eigenvalue weighted by molar-refractivity contribution is 6.31. The molecule has 2 aliphatic rings. The van der Waals surface area contributed by atoms with Gasteiger partial charge in [-0.25, -0.2) is 0 Å². The van der Waals surface area contributed by atoms with E-state index in [9.17, 15) is 0 Å². The zero-order valence-corrected chi connectivity index (χ0v) is 10.4. The number of nitrogens with one attached hydrogen (secondary N) is 1. The van der Waals surface area contributed by atoms with Gasteiger partial charge in [-0.1, -0.05) is 11.6 Å². The first-order chi connectivity index (χ1) is 8.33. The third kappa shape index (κ3) is 2.41. The molecular formula is C13H16ClNO2. The van der Waals surface area contributed by atoms with Crippen molar-refractivity contribution in [2.45, 2.75) is 31.9 Å². The lowest BCUT2D eigenvalue weighted by atomic mass is 10.0. The summed E-state index contributed by atoms with van der Waals surface area (Å²) in [6.07, 6.45) is 3.48. The van der Waals surface area contributed by atoms with Crippen LogP contribution in [-0.2, 0) is 17.8 Å². The molecule has 4 heteroatoms. The van der Waals surface area contributed by atoms with Crippen molar-refractivity contribution in [1.29, 1.82) is 0 Å². The van der Waals surface area contributed by atoms with Gasteiger partial charge in [0, 0.05) is 16.6 Å². The molecule has 0 aliphatic carbocycles. The predicted molar refractivity (Wildman–Crippen MR) is 66.5 cm³/mol. The molecule has 2 heterocycles. The maximum Gasteiger partial charge on any atom is 0.189 e. The molecule has 3 rings (SSSR count). The number of rotatable bonds is 2. The van der Waals surface area contributed by atoms with Crippen LogP contribution in [0.5, 0.6) is 5.75 Å². The fourth-order valence-corrected chi connectivity index (χ4v) is 2.76. The SMILES string of the molecule is Clc1cc2c(cc1CC1CCCN1)OCOC2. The van der Waals surface area contributed by atoms with Gasteiger partial charge < -0.3 is 14.8 Å². The van der Waals surface area contributed by atoms with Crippen LogP contribution in [0.4, 0.5) is 0 Å². The second-order valence-corrected chi connectivity index (χ2v) is 5.07. The summed E-state index contributed by atoms with van der Waals surface area (Å²) in [5, 5.41) is 4.31. The Balaban J connectivity index is 1.83. The first kappa shape index (κ1) is 11.3. The highest BCUT2D eigenvalue weighted by Crippen LogP contribution is 2.31. The summed E-state index contributed by atoms with van der Waals surface area (Å²) >= 11 is 6.30. The van der Waals surface area contributed by atoms with E-state index < -0.39 is 0 Å². The summed E-state index contributed by atoms with van der Waals surface area (Å²) < 4.78 is 10.7. The van der Waals surface area contributed by atoms with Crippen LogP contribution in [0.1, 0.15) is 24.0 Å². The molecular weight excluding hydrogens is 238 g/mol. The maximum absolute atomic E-state index is 6.30. The molecule has 0 amide bonds. The lowest BCUT2D eigenvalue weighted by Crippen LogP contribution is -2.24. The second-order valence-electron chi connectivity index (χ2n) is 4.66. The highest BCUT2D eigenvalue weighted by atomic mass is 35.5. The minimum Gasteiger partial charge on any atom is -0.467 e. The second kappa shape index (κ2) is 4.84. The van der Waals surface area contributed by atoms with Crippen LogP contribution in [0.25, 0.3) is 0 Å². The average molecular weight is 254 g/mol. The van der Waals surface area contributed by atoms with Gasteiger partial charge in [-0.3, -0.25) is 0 Å². The number of ether oxygens (including phenoxy) is 2. The molecule has 1 aromatic carbocycles. The molecule has 0 radical (unpaired) electrons. The summed E-state index contributed by atoms with van der Waals surface area (Å²) in [7, 11) is 0. The summed E-state index contributed by atoms with van der Waals surface area (Å²) in [5.74, 6) is 0.925. The number of fused-ring (bicyclic) bond motifs is 1. The van der Waals surface area contributed by atoms with Gasteiger partial charge in [0.05, 0.1) is 6.61 Å². The van der Waals surface area contributed by atoms with Crippen molar-refractivity contribution in [3.63, 3.8) is 0 Å². The molecule has 0 bridgehead atoms. The van der Waals surface area contributed by atoms with Crippen LogP contribution < -0.4 is 10.1 Å². The molecule has 1 aromatic rings. The van der Waals surface area contributed by atoms with E-state index in [1.165, 1.54) is 18.4 Å². The van der Waals surface area contributed by atoms with Crippen LogP contribution in [0, 0.1) is 0 Å². The zero-order chi connectivity index (χ0) is 11.7. The average Bonchev–Trinajstić information content (AvgIpc) is 2.83. The van der Waals surface area contributed by atoms with Crippen molar-refractivity contribution < 1.29 is 9.47 Å². The van der Waals surface area contributed by atoms with Gasteiger partial charge in [-0.15, -0.1) is 0 Å². The Labute approximate surface area is 106 Å². The zero-order valence-electron chi connectivity index (χ0n) is 9.67. The molecule has 2 aliphatic heterocycles. The molecule has 1 unspecified atom stereocenters. The molecule has 1 atom stereocenters. The van der Waals surface area contributed by atoms with Crippen molar-refractivity contribution in [1.82, 2.24) is 5.32 Å². The first-order valence-electron chi connectivity index (χ1n) is 6.08. The summed E-state index contributed by atoms with van der Waals surface area (Å²) in [6, 6.07) is 4.60. The molecule has 3 nitrogen and oxygen atoms in total. The molecule has 0 spiro atoms. The highest BCUT2D eigenvalue weighted by Gasteiger charge is 2.19. The Hall–Kier alpha value is -0.770. The molecule has 17 heavy (non-hydrogen) atoms. The standard InChI is InChI=1S/C13H16ClNO2/c14-12-5-10-7-16-8-17-13(10)6-9(12)4-11-2-1-3-15-11/h5-6,11,15H,1-4,7-8H2. The van der Waals surface area contributed by atoms with Crippen LogP contribution in [-0.4, -0.2) is 19.4 Å². The lowest BCUT2D eigenvalue weighted by molar-refractivity contribution is -0.0164. The summed E-state index contributed by atoms with van der Waals surface area (Å²) in [5.41, 5.74) is 2.22. The monoisotopic (exact) mass is 253 g/mol. The van der Waals surface area contributed by atoms with E-state index in [2.05, 4.69) is 11.4 Å². The van der Waals surface area contributed by atoms with E-state index in [0.29, 0.717) is 19.4 Å². The normalized spacial score (nSPS) is 23.2. The van der Waals surface area contributed by atoms with Gasteiger partial charge in [0.25, 0.3) is 0 Å². The van der Waals surface area contributed by atoms with Gasteiger partial charge >= 0.3 is 0 Å². The van der Waals surface area contributed by atoms with E-state index in [4.69, 9.17) is 21.1 Å². The third-order valence-electron chi connectivity index (χ3n) is 3.41. The summed E-state index contributed by atoms with van der Waals surface area (Å²) in [6.45, 7) is 2.06. The minimum atomic E-state index is 0.343. The Morgan fingerprint density at radius 1 is 1.41 bits per heavy atom. The lowest BCUT2D eigenvalue weighted by Gasteiger charge is -2.20. The fourth-order valence-electron chi connectivity index (χ4n) is 2.49. The van der Waals surface area contributed by atoms with Gasteiger partial charge in [0.15, 0.2) is 6.79 Å². The molecule has 0 saturated carbocycles. The molecule has 1 N–H and O–H groups in total.